The predicted octanol–water partition coefficient (Wildman–Crippen LogP) is 0.930. The van der Waals surface area contributed by atoms with Gasteiger partial charge in [-0.2, -0.15) is 0 Å². The maximum Gasteiger partial charge on any atom is 0.251 e. The standard InChI is InChI=1S/C17H22FN3O3/c1-2-19-16(23)12-6-8-21(9-7-12)15(22)11-20-17(24)13-4-3-5-14(18)10-13/h3-5,10,12H,2,6-9,11H2,1H3,(H,19,23)(H,20,24). The van der Waals surface area contributed by atoms with Gasteiger partial charge in [-0.1, -0.05) is 6.07 Å². The molecule has 1 aliphatic rings. The third-order valence-corrected chi connectivity index (χ3v) is 4.06. The number of benzene rings is 1. The van der Waals surface area contributed by atoms with Gasteiger partial charge in [0.05, 0.1) is 6.54 Å². The molecule has 7 heteroatoms. The van der Waals surface area contributed by atoms with Crippen molar-refractivity contribution < 1.29 is 18.8 Å². The molecule has 1 fully saturated rings. The number of amides is 3. The minimum atomic E-state index is -0.499. The third-order valence-electron chi connectivity index (χ3n) is 4.06. The second kappa shape index (κ2) is 8.42. The summed E-state index contributed by atoms with van der Waals surface area (Å²) in [6.07, 6.45) is 1.24. The zero-order valence-electron chi connectivity index (χ0n) is 13.7. The molecule has 0 radical (unpaired) electrons. The third kappa shape index (κ3) is 4.78. The summed E-state index contributed by atoms with van der Waals surface area (Å²) in [5.74, 6) is -1.21. The Morgan fingerprint density at radius 1 is 1.21 bits per heavy atom. The van der Waals surface area contributed by atoms with E-state index >= 15 is 0 Å². The molecule has 0 saturated carbocycles. The molecule has 2 N–H and O–H groups in total. The summed E-state index contributed by atoms with van der Waals surface area (Å²) in [6, 6.07) is 5.30. The van der Waals surface area contributed by atoms with Crippen molar-refractivity contribution in [3.63, 3.8) is 0 Å². The van der Waals surface area contributed by atoms with E-state index in [1.54, 1.807) is 4.90 Å². The topological polar surface area (TPSA) is 78.5 Å². The smallest absolute Gasteiger partial charge is 0.251 e. The van der Waals surface area contributed by atoms with Crippen molar-refractivity contribution in [1.82, 2.24) is 15.5 Å². The van der Waals surface area contributed by atoms with E-state index < -0.39 is 11.7 Å². The van der Waals surface area contributed by atoms with Gasteiger partial charge in [-0.25, -0.2) is 4.39 Å². The van der Waals surface area contributed by atoms with Gasteiger partial charge in [0.25, 0.3) is 5.91 Å². The lowest BCUT2D eigenvalue weighted by molar-refractivity contribution is -0.134. The molecule has 130 valence electrons. The fourth-order valence-corrected chi connectivity index (χ4v) is 2.71. The quantitative estimate of drug-likeness (QED) is 0.840. The Morgan fingerprint density at radius 2 is 1.92 bits per heavy atom. The summed E-state index contributed by atoms with van der Waals surface area (Å²) >= 11 is 0. The highest BCUT2D eigenvalue weighted by Gasteiger charge is 2.27. The Morgan fingerprint density at radius 3 is 2.54 bits per heavy atom. The molecule has 1 saturated heterocycles. The van der Waals surface area contributed by atoms with E-state index in [9.17, 15) is 18.8 Å². The number of piperidine rings is 1. The number of carbonyl (C=O) groups is 3. The van der Waals surface area contributed by atoms with Crippen LogP contribution in [0.3, 0.4) is 0 Å². The highest BCUT2D eigenvalue weighted by Crippen LogP contribution is 2.17. The lowest BCUT2D eigenvalue weighted by Gasteiger charge is -2.31. The Balaban J connectivity index is 1.77. The first-order chi connectivity index (χ1) is 11.5. The monoisotopic (exact) mass is 335 g/mol. The average molecular weight is 335 g/mol. The summed E-state index contributed by atoms with van der Waals surface area (Å²) in [6.45, 7) is 3.33. The van der Waals surface area contributed by atoms with E-state index in [0.29, 0.717) is 32.5 Å². The van der Waals surface area contributed by atoms with Gasteiger partial charge in [-0.05, 0) is 38.0 Å². The second-order valence-corrected chi connectivity index (χ2v) is 5.74. The molecule has 0 bridgehead atoms. The molecule has 6 nitrogen and oxygen atoms in total. The molecular formula is C17H22FN3O3. The maximum atomic E-state index is 13.1. The SMILES string of the molecule is CCNC(=O)C1CCN(C(=O)CNC(=O)c2cccc(F)c2)CC1. The van der Waals surface area contributed by atoms with E-state index in [2.05, 4.69) is 10.6 Å². The number of carbonyl (C=O) groups excluding carboxylic acids is 3. The van der Waals surface area contributed by atoms with Crippen molar-refractivity contribution in [2.75, 3.05) is 26.2 Å². The molecule has 24 heavy (non-hydrogen) atoms. The zero-order chi connectivity index (χ0) is 17.5. The number of hydrogen-bond acceptors (Lipinski definition) is 3. The lowest BCUT2D eigenvalue weighted by Crippen LogP contribution is -2.46. The van der Waals surface area contributed by atoms with Crippen LogP contribution in [0.15, 0.2) is 24.3 Å². The van der Waals surface area contributed by atoms with Crippen molar-refractivity contribution in [3.05, 3.63) is 35.6 Å². The highest BCUT2D eigenvalue weighted by atomic mass is 19.1. The largest absolute Gasteiger partial charge is 0.356 e. The van der Waals surface area contributed by atoms with Crippen LogP contribution >= 0.6 is 0 Å². The number of nitrogens with zero attached hydrogens (tertiary/aromatic N) is 1. The molecule has 1 aromatic rings. The number of rotatable bonds is 5. The molecular weight excluding hydrogens is 313 g/mol. The van der Waals surface area contributed by atoms with E-state index in [0.717, 1.165) is 6.07 Å². The van der Waals surface area contributed by atoms with Gasteiger partial charge in [0.1, 0.15) is 5.82 Å². The van der Waals surface area contributed by atoms with Crippen molar-refractivity contribution in [1.29, 1.82) is 0 Å². The minimum absolute atomic E-state index is 0.0315. The molecule has 0 aliphatic carbocycles. The van der Waals surface area contributed by atoms with Crippen LogP contribution in [0.25, 0.3) is 0 Å². The van der Waals surface area contributed by atoms with E-state index in [1.807, 2.05) is 6.92 Å². The van der Waals surface area contributed by atoms with Crippen LogP contribution in [0, 0.1) is 11.7 Å². The first-order valence-corrected chi connectivity index (χ1v) is 8.10. The molecule has 0 atom stereocenters. The van der Waals surface area contributed by atoms with Crippen LogP contribution in [0.5, 0.6) is 0 Å². The minimum Gasteiger partial charge on any atom is -0.356 e. The lowest BCUT2D eigenvalue weighted by atomic mass is 9.96. The van der Waals surface area contributed by atoms with E-state index in [4.69, 9.17) is 0 Å². The Kier molecular flexibility index (Phi) is 6.28. The van der Waals surface area contributed by atoms with Crippen LogP contribution in [-0.2, 0) is 9.59 Å². The van der Waals surface area contributed by atoms with Crippen molar-refractivity contribution in [3.8, 4) is 0 Å². The molecule has 1 aliphatic heterocycles. The van der Waals surface area contributed by atoms with Crippen molar-refractivity contribution >= 4 is 17.7 Å². The Hall–Kier alpha value is -2.44. The summed E-state index contributed by atoms with van der Waals surface area (Å²) in [4.78, 5) is 37.4. The predicted molar refractivity (Wildman–Crippen MR) is 86.7 cm³/mol. The molecule has 2 rings (SSSR count). The number of nitrogens with one attached hydrogen (secondary N) is 2. The van der Waals surface area contributed by atoms with Crippen LogP contribution in [-0.4, -0.2) is 48.8 Å². The van der Waals surface area contributed by atoms with Crippen LogP contribution in [0.1, 0.15) is 30.1 Å². The average Bonchev–Trinajstić information content (AvgIpc) is 2.59. The van der Waals surface area contributed by atoms with E-state index in [1.165, 1.54) is 18.2 Å². The number of likely N-dealkylation sites (tertiary alicyclic amines) is 1. The van der Waals surface area contributed by atoms with Gasteiger partial charge in [-0.15, -0.1) is 0 Å². The molecule has 0 aromatic heterocycles. The maximum absolute atomic E-state index is 13.1. The first kappa shape index (κ1) is 17.9. The van der Waals surface area contributed by atoms with Gasteiger partial charge < -0.3 is 15.5 Å². The Bertz CT molecular complexity index is 613. The molecule has 0 spiro atoms. The summed E-state index contributed by atoms with van der Waals surface area (Å²) in [5, 5.41) is 5.29. The number of halogens is 1. The van der Waals surface area contributed by atoms with Gasteiger partial charge in [0.2, 0.25) is 11.8 Å². The summed E-state index contributed by atoms with van der Waals surface area (Å²) in [7, 11) is 0. The first-order valence-electron chi connectivity index (χ1n) is 8.10. The number of hydrogen-bond donors (Lipinski definition) is 2. The fraction of sp³-hybridized carbons (Fsp3) is 0.471. The van der Waals surface area contributed by atoms with Crippen LogP contribution in [0.4, 0.5) is 4.39 Å². The molecule has 1 aromatic carbocycles. The van der Waals surface area contributed by atoms with Crippen LogP contribution in [0.2, 0.25) is 0 Å². The highest BCUT2D eigenvalue weighted by molar-refractivity contribution is 5.96. The summed E-state index contributed by atoms with van der Waals surface area (Å²) in [5.41, 5.74) is 0.178. The van der Waals surface area contributed by atoms with Gasteiger partial charge in [-0.3, -0.25) is 14.4 Å². The van der Waals surface area contributed by atoms with E-state index in [-0.39, 0.29) is 29.8 Å². The molecule has 1 heterocycles. The van der Waals surface area contributed by atoms with Gasteiger partial charge >= 0.3 is 0 Å². The molecule has 3 amide bonds. The fourth-order valence-electron chi connectivity index (χ4n) is 2.71. The van der Waals surface area contributed by atoms with Crippen molar-refractivity contribution in [2.45, 2.75) is 19.8 Å². The summed E-state index contributed by atoms with van der Waals surface area (Å²) < 4.78 is 13.1. The van der Waals surface area contributed by atoms with Crippen molar-refractivity contribution in [2.24, 2.45) is 5.92 Å². The van der Waals surface area contributed by atoms with Gasteiger partial charge in [0, 0.05) is 31.1 Å². The Labute approximate surface area is 140 Å². The zero-order valence-corrected chi connectivity index (χ0v) is 13.7. The normalized spacial score (nSPS) is 15.0. The second-order valence-electron chi connectivity index (χ2n) is 5.74. The van der Waals surface area contributed by atoms with Gasteiger partial charge in [0.15, 0.2) is 0 Å². The van der Waals surface area contributed by atoms with Crippen LogP contribution < -0.4 is 10.6 Å². The molecule has 0 unspecified atom stereocenters.